The van der Waals surface area contributed by atoms with Crippen LogP contribution >= 0.6 is 0 Å². The fourth-order valence-corrected chi connectivity index (χ4v) is 4.20. The molecule has 0 aliphatic rings. The summed E-state index contributed by atoms with van der Waals surface area (Å²) in [5, 5.41) is 13.4. The third-order valence-electron chi connectivity index (χ3n) is 4.22. The van der Waals surface area contributed by atoms with Crippen molar-refractivity contribution in [3.05, 3.63) is 59.7 Å². The highest BCUT2D eigenvalue weighted by Gasteiger charge is 2.27. The van der Waals surface area contributed by atoms with E-state index in [4.69, 9.17) is 4.74 Å². The zero-order chi connectivity index (χ0) is 21.3. The van der Waals surface area contributed by atoms with Crippen LogP contribution in [0, 0.1) is 11.8 Å². The van der Waals surface area contributed by atoms with Gasteiger partial charge in [0.15, 0.2) is 9.84 Å². The van der Waals surface area contributed by atoms with Crippen molar-refractivity contribution in [1.29, 1.82) is 0 Å². The second-order valence-corrected chi connectivity index (χ2v) is 8.28. The average Bonchev–Trinajstić information content (AvgIpc) is 2.73. The number of hydrogen-bond donors (Lipinski definition) is 2. The van der Waals surface area contributed by atoms with Crippen molar-refractivity contribution in [2.24, 2.45) is 0 Å². The zero-order valence-electron chi connectivity index (χ0n) is 16.3. The molecule has 8 heteroatoms. The van der Waals surface area contributed by atoms with Gasteiger partial charge in [-0.1, -0.05) is 30.2 Å². The van der Waals surface area contributed by atoms with Gasteiger partial charge in [-0.05, 0) is 49.4 Å². The van der Waals surface area contributed by atoms with Crippen molar-refractivity contribution in [1.82, 2.24) is 10.4 Å². The van der Waals surface area contributed by atoms with E-state index in [1.807, 2.05) is 19.2 Å². The maximum Gasteiger partial charge on any atom is 0.233 e. The second-order valence-electron chi connectivity index (χ2n) is 6.24. The number of hydroxylamine groups is 2. The van der Waals surface area contributed by atoms with Gasteiger partial charge in [-0.2, -0.15) is 0 Å². The van der Waals surface area contributed by atoms with Crippen molar-refractivity contribution in [2.75, 3.05) is 19.4 Å². The van der Waals surface area contributed by atoms with Gasteiger partial charge in [-0.15, -0.1) is 5.92 Å². The van der Waals surface area contributed by atoms with Gasteiger partial charge in [-0.3, -0.25) is 10.0 Å². The van der Waals surface area contributed by atoms with E-state index in [9.17, 15) is 18.4 Å². The molecule has 0 saturated heterocycles. The number of nitrogens with zero attached hydrogens (tertiary/aromatic N) is 1. The second kappa shape index (κ2) is 10.6. The van der Waals surface area contributed by atoms with Gasteiger partial charge in [0.1, 0.15) is 12.4 Å². The third-order valence-corrected chi connectivity index (χ3v) is 5.97. The normalized spacial score (nSPS) is 11.8. The van der Waals surface area contributed by atoms with E-state index in [0.29, 0.717) is 22.9 Å². The summed E-state index contributed by atoms with van der Waals surface area (Å²) in [6, 6.07) is 11.9. The Morgan fingerprint density at radius 3 is 2.38 bits per heavy atom. The Labute approximate surface area is 171 Å². The number of ether oxygens (including phenoxy) is 1. The molecule has 154 valence electrons. The average molecular weight is 416 g/mol. The fourth-order valence-electron chi connectivity index (χ4n) is 2.70. The van der Waals surface area contributed by atoms with Crippen molar-refractivity contribution < 1.29 is 23.2 Å². The lowest BCUT2D eigenvalue weighted by atomic mass is 10.1. The van der Waals surface area contributed by atoms with Crippen LogP contribution in [0.3, 0.4) is 0 Å². The Morgan fingerprint density at radius 2 is 1.83 bits per heavy atom. The first-order chi connectivity index (χ1) is 13.9. The largest absolute Gasteiger partial charge is 0.481 e. The monoisotopic (exact) mass is 416 g/mol. The molecule has 0 aromatic heterocycles. The standard InChI is InChI=1S/C21H24N2O5S/c1-3-4-13-28-19-9-11-20(12-10-19)29(26,27)15-21(23(25)16-24)18-7-5-17(6-8-18)14-22-2/h5-12,16,21-22,25H,13-15H2,1-2H3. The van der Waals surface area contributed by atoms with Gasteiger partial charge < -0.3 is 10.1 Å². The van der Waals surface area contributed by atoms with E-state index in [-0.39, 0.29) is 17.9 Å². The maximum absolute atomic E-state index is 12.9. The lowest BCUT2D eigenvalue weighted by molar-refractivity contribution is -0.158. The summed E-state index contributed by atoms with van der Waals surface area (Å²) in [7, 11) is -1.96. The number of hydrogen-bond acceptors (Lipinski definition) is 6. The minimum atomic E-state index is -3.78. The molecule has 2 aromatic carbocycles. The van der Waals surface area contributed by atoms with Gasteiger partial charge in [0.25, 0.3) is 0 Å². The van der Waals surface area contributed by atoms with E-state index < -0.39 is 21.6 Å². The van der Waals surface area contributed by atoms with Crippen LogP contribution in [-0.4, -0.2) is 44.5 Å². The number of carbonyl (C=O) groups excluding carboxylic acids is 1. The number of carbonyl (C=O) groups is 1. The van der Waals surface area contributed by atoms with E-state index in [0.717, 1.165) is 5.56 Å². The van der Waals surface area contributed by atoms with E-state index in [1.54, 1.807) is 31.2 Å². The van der Waals surface area contributed by atoms with Crippen molar-refractivity contribution in [3.8, 4) is 17.6 Å². The Kier molecular flexibility index (Phi) is 8.21. The minimum absolute atomic E-state index is 0.0718. The molecular formula is C21H24N2O5S. The molecule has 0 spiro atoms. The summed E-state index contributed by atoms with van der Waals surface area (Å²) in [6.07, 6.45) is 0.202. The molecule has 1 atom stereocenters. The van der Waals surface area contributed by atoms with Gasteiger partial charge >= 0.3 is 0 Å². The fraction of sp³-hybridized carbons (Fsp3) is 0.286. The quantitative estimate of drug-likeness (QED) is 0.267. The van der Waals surface area contributed by atoms with Crippen molar-refractivity contribution in [2.45, 2.75) is 24.4 Å². The molecule has 0 heterocycles. The molecule has 0 fully saturated rings. The highest BCUT2D eigenvalue weighted by Crippen LogP contribution is 2.25. The summed E-state index contributed by atoms with van der Waals surface area (Å²) in [4.78, 5) is 11.2. The number of nitrogens with one attached hydrogen (secondary N) is 1. The smallest absolute Gasteiger partial charge is 0.233 e. The summed E-state index contributed by atoms with van der Waals surface area (Å²) in [5.41, 5.74) is 1.51. The molecule has 1 amide bonds. The maximum atomic E-state index is 12.9. The Balaban J connectivity index is 2.22. The number of amides is 1. The van der Waals surface area contributed by atoms with Crippen molar-refractivity contribution >= 4 is 16.2 Å². The number of rotatable bonds is 10. The van der Waals surface area contributed by atoms with Crippen LogP contribution in [0.2, 0.25) is 0 Å². The lowest BCUT2D eigenvalue weighted by Gasteiger charge is -2.23. The van der Waals surface area contributed by atoms with E-state index in [2.05, 4.69) is 17.2 Å². The SMILES string of the molecule is CC#CCOc1ccc(S(=O)(=O)CC(c2ccc(CNC)cc2)N(O)C=O)cc1. The van der Waals surface area contributed by atoms with Crippen LogP contribution in [0.25, 0.3) is 0 Å². The predicted octanol–water partition coefficient (Wildman–Crippen LogP) is 2.17. The van der Waals surface area contributed by atoms with E-state index >= 15 is 0 Å². The van der Waals surface area contributed by atoms with Gasteiger partial charge in [0.2, 0.25) is 6.41 Å². The summed E-state index contributed by atoms with van der Waals surface area (Å²) < 4.78 is 31.1. The van der Waals surface area contributed by atoms with Crippen LogP contribution in [0.1, 0.15) is 24.1 Å². The molecule has 2 N–H and O–H groups in total. The molecule has 0 radical (unpaired) electrons. The predicted molar refractivity (Wildman–Crippen MR) is 109 cm³/mol. The van der Waals surface area contributed by atoms with Crippen LogP contribution in [0.4, 0.5) is 0 Å². The molecule has 0 aliphatic heterocycles. The Bertz CT molecular complexity index is 961. The first-order valence-electron chi connectivity index (χ1n) is 8.92. The molecule has 2 rings (SSSR count). The summed E-state index contributed by atoms with van der Waals surface area (Å²) in [5.74, 6) is 5.50. The molecule has 0 aliphatic carbocycles. The van der Waals surface area contributed by atoms with Crippen LogP contribution < -0.4 is 10.1 Å². The molecule has 0 saturated carbocycles. The number of benzene rings is 2. The van der Waals surface area contributed by atoms with Crippen LogP contribution in [0.15, 0.2) is 53.4 Å². The Hall–Kier alpha value is -2.86. The third kappa shape index (κ3) is 6.32. The highest BCUT2D eigenvalue weighted by atomic mass is 32.2. The van der Waals surface area contributed by atoms with Gasteiger partial charge in [0.05, 0.1) is 16.7 Å². The van der Waals surface area contributed by atoms with Crippen LogP contribution in [-0.2, 0) is 21.2 Å². The molecular weight excluding hydrogens is 392 g/mol. The first-order valence-corrected chi connectivity index (χ1v) is 10.6. The highest BCUT2D eigenvalue weighted by molar-refractivity contribution is 7.91. The molecule has 29 heavy (non-hydrogen) atoms. The molecule has 1 unspecified atom stereocenters. The molecule has 0 bridgehead atoms. The van der Waals surface area contributed by atoms with Crippen LogP contribution in [0.5, 0.6) is 5.75 Å². The van der Waals surface area contributed by atoms with Gasteiger partial charge in [0, 0.05) is 6.54 Å². The summed E-state index contributed by atoms with van der Waals surface area (Å²) in [6.45, 7) is 2.57. The van der Waals surface area contributed by atoms with E-state index in [1.165, 1.54) is 12.1 Å². The van der Waals surface area contributed by atoms with Gasteiger partial charge in [-0.25, -0.2) is 13.5 Å². The number of sulfone groups is 1. The molecule has 7 nitrogen and oxygen atoms in total. The van der Waals surface area contributed by atoms with Crippen molar-refractivity contribution in [3.63, 3.8) is 0 Å². The molecule has 2 aromatic rings. The lowest BCUT2D eigenvalue weighted by Crippen LogP contribution is -2.30. The topological polar surface area (TPSA) is 95.9 Å². The summed E-state index contributed by atoms with van der Waals surface area (Å²) >= 11 is 0. The Morgan fingerprint density at radius 1 is 1.17 bits per heavy atom. The zero-order valence-corrected chi connectivity index (χ0v) is 17.1. The minimum Gasteiger partial charge on any atom is -0.481 e. The first kappa shape index (κ1) is 22.4.